The fourth-order valence-electron chi connectivity index (χ4n) is 2.10. The lowest BCUT2D eigenvalue weighted by Gasteiger charge is -2.10. The minimum Gasteiger partial charge on any atom is -0.465 e. The van der Waals surface area contributed by atoms with E-state index in [0.717, 1.165) is 29.8 Å². The summed E-state index contributed by atoms with van der Waals surface area (Å²) in [6, 6.07) is 5.50. The molecule has 21 heavy (non-hydrogen) atoms. The number of hydrogen-bond acceptors (Lipinski definition) is 4. The number of esters is 1. The fraction of sp³-hybridized carbons (Fsp3) is 0.375. The molecule has 1 aromatic heterocycles. The van der Waals surface area contributed by atoms with E-state index < -0.39 is 0 Å². The molecule has 0 atom stereocenters. The van der Waals surface area contributed by atoms with Crippen LogP contribution >= 0.6 is 0 Å². The van der Waals surface area contributed by atoms with Crippen molar-refractivity contribution in [2.24, 2.45) is 0 Å². The zero-order valence-electron chi connectivity index (χ0n) is 12.7. The lowest BCUT2D eigenvalue weighted by Crippen LogP contribution is -2.05. The van der Waals surface area contributed by atoms with Gasteiger partial charge in [-0.15, -0.1) is 0 Å². The van der Waals surface area contributed by atoms with Crippen LogP contribution in [0.2, 0.25) is 0 Å². The van der Waals surface area contributed by atoms with E-state index in [2.05, 4.69) is 17.3 Å². The summed E-state index contributed by atoms with van der Waals surface area (Å²) in [5, 5.41) is 7.65. The van der Waals surface area contributed by atoms with E-state index in [1.165, 1.54) is 7.11 Å². The van der Waals surface area contributed by atoms with Crippen LogP contribution in [0.1, 0.15) is 34.8 Å². The second kappa shape index (κ2) is 6.92. The maximum absolute atomic E-state index is 11.6. The van der Waals surface area contributed by atoms with Crippen LogP contribution < -0.4 is 5.32 Å². The third-order valence-corrected chi connectivity index (χ3v) is 3.28. The van der Waals surface area contributed by atoms with E-state index in [9.17, 15) is 4.79 Å². The zero-order valence-corrected chi connectivity index (χ0v) is 12.7. The number of hydrogen-bond donors (Lipinski definition) is 1. The van der Waals surface area contributed by atoms with Gasteiger partial charge >= 0.3 is 5.97 Å². The predicted molar refractivity (Wildman–Crippen MR) is 82.4 cm³/mol. The monoisotopic (exact) mass is 287 g/mol. The van der Waals surface area contributed by atoms with Gasteiger partial charge in [-0.25, -0.2) is 4.79 Å². The molecule has 0 bridgehead atoms. The summed E-state index contributed by atoms with van der Waals surface area (Å²) in [5.74, 6) is -0.325. The number of nitrogens with zero attached hydrogens (tertiary/aromatic N) is 2. The second-order valence-electron chi connectivity index (χ2n) is 4.99. The summed E-state index contributed by atoms with van der Waals surface area (Å²) < 4.78 is 6.68. The third-order valence-electron chi connectivity index (χ3n) is 3.28. The van der Waals surface area contributed by atoms with Crippen LogP contribution in [-0.2, 0) is 17.8 Å². The summed E-state index contributed by atoms with van der Waals surface area (Å²) in [7, 11) is 1.39. The maximum atomic E-state index is 11.6. The Morgan fingerprint density at radius 1 is 1.43 bits per heavy atom. The van der Waals surface area contributed by atoms with Crippen LogP contribution in [0.5, 0.6) is 0 Å². The summed E-state index contributed by atoms with van der Waals surface area (Å²) in [6.45, 7) is 5.73. The molecule has 0 spiro atoms. The smallest absolute Gasteiger partial charge is 0.337 e. The molecule has 0 fully saturated rings. The molecule has 0 saturated heterocycles. The lowest BCUT2D eigenvalue weighted by atomic mass is 10.1. The number of anilines is 1. The van der Waals surface area contributed by atoms with Crippen molar-refractivity contribution in [3.05, 3.63) is 47.3 Å². The Bertz CT molecular complexity index is 620. The number of rotatable bonds is 6. The SMILES string of the molecule is CCCn1cc(CNc2cc(C(=O)OC)ccc2C)cn1. The van der Waals surface area contributed by atoms with Crippen molar-refractivity contribution in [1.29, 1.82) is 0 Å². The normalized spacial score (nSPS) is 10.4. The minimum atomic E-state index is -0.325. The number of aromatic nitrogens is 2. The molecule has 112 valence electrons. The van der Waals surface area contributed by atoms with Gasteiger partial charge in [0.1, 0.15) is 0 Å². The molecule has 5 nitrogen and oxygen atoms in total. The van der Waals surface area contributed by atoms with E-state index >= 15 is 0 Å². The van der Waals surface area contributed by atoms with Crippen molar-refractivity contribution in [2.45, 2.75) is 33.4 Å². The van der Waals surface area contributed by atoms with Crippen molar-refractivity contribution < 1.29 is 9.53 Å². The number of methoxy groups -OCH3 is 1. The van der Waals surface area contributed by atoms with E-state index in [0.29, 0.717) is 12.1 Å². The highest BCUT2D eigenvalue weighted by atomic mass is 16.5. The van der Waals surface area contributed by atoms with E-state index in [4.69, 9.17) is 4.74 Å². The molecule has 1 heterocycles. The van der Waals surface area contributed by atoms with Gasteiger partial charge in [-0.05, 0) is 31.0 Å². The van der Waals surface area contributed by atoms with Crippen molar-refractivity contribution in [1.82, 2.24) is 9.78 Å². The summed E-state index contributed by atoms with van der Waals surface area (Å²) in [4.78, 5) is 11.6. The Hall–Kier alpha value is -2.30. The van der Waals surface area contributed by atoms with Gasteiger partial charge in [-0.2, -0.15) is 5.10 Å². The summed E-state index contributed by atoms with van der Waals surface area (Å²) in [6.07, 6.45) is 4.97. The summed E-state index contributed by atoms with van der Waals surface area (Å²) in [5.41, 5.74) is 3.68. The predicted octanol–water partition coefficient (Wildman–Crippen LogP) is 3.00. The molecule has 2 aromatic rings. The molecule has 1 N–H and O–H groups in total. The largest absolute Gasteiger partial charge is 0.465 e. The maximum Gasteiger partial charge on any atom is 0.337 e. The van der Waals surface area contributed by atoms with Gasteiger partial charge in [0.05, 0.1) is 18.9 Å². The van der Waals surface area contributed by atoms with Gasteiger partial charge in [0.15, 0.2) is 0 Å². The average molecular weight is 287 g/mol. The molecule has 0 aliphatic heterocycles. The van der Waals surface area contributed by atoms with Gasteiger partial charge in [0.25, 0.3) is 0 Å². The Morgan fingerprint density at radius 2 is 2.24 bits per heavy atom. The van der Waals surface area contributed by atoms with Crippen LogP contribution in [0.15, 0.2) is 30.6 Å². The molecular formula is C16H21N3O2. The minimum absolute atomic E-state index is 0.325. The highest BCUT2D eigenvalue weighted by Crippen LogP contribution is 2.18. The molecule has 5 heteroatoms. The molecule has 0 unspecified atom stereocenters. The van der Waals surface area contributed by atoms with Crippen molar-refractivity contribution in [3.63, 3.8) is 0 Å². The molecule has 0 amide bonds. The molecular weight excluding hydrogens is 266 g/mol. The fourth-order valence-corrected chi connectivity index (χ4v) is 2.10. The lowest BCUT2D eigenvalue weighted by molar-refractivity contribution is 0.0601. The number of carbonyl (C=O) groups excluding carboxylic acids is 1. The topological polar surface area (TPSA) is 56.2 Å². The van der Waals surface area contributed by atoms with Gasteiger partial charge in [-0.3, -0.25) is 4.68 Å². The van der Waals surface area contributed by atoms with Crippen molar-refractivity contribution >= 4 is 11.7 Å². The van der Waals surface area contributed by atoms with E-state index in [1.807, 2.05) is 36.1 Å². The zero-order chi connectivity index (χ0) is 15.2. The number of nitrogens with one attached hydrogen (secondary N) is 1. The number of aryl methyl sites for hydroxylation is 2. The standard InChI is InChI=1S/C16H21N3O2/c1-4-7-19-11-13(10-18-19)9-17-15-8-14(16(20)21-3)6-5-12(15)2/h5-6,8,10-11,17H,4,7,9H2,1-3H3. The van der Waals surface area contributed by atoms with Gasteiger partial charge in [-0.1, -0.05) is 13.0 Å². The Balaban J connectivity index is 2.06. The molecule has 2 rings (SSSR count). The highest BCUT2D eigenvalue weighted by molar-refractivity contribution is 5.90. The number of carbonyl (C=O) groups is 1. The average Bonchev–Trinajstić information content (AvgIpc) is 2.93. The first kappa shape index (κ1) is 15.1. The molecule has 0 radical (unpaired) electrons. The number of benzene rings is 1. The molecule has 0 saturated carbocycles. The van der Waals surface area contributed by atoms with Crippen LogP contribution in [0.3, 0.4) is 0 Å². The summed E-state index contributed by atoms with van der Waals surface area (Å²) >= 11 is 0. The molecule has 1 aromatic carbocycles. The first-order chi connectivity index (χ1) is 10.1. The van der Waals surface area contributed by atoms with Crippen molar-refractivity contribution in [3.8, 4) is 0 Å². The van der Waals surface area contributed by atoms with E-state index in [-0.39, 0.29) is 5.97 Å². The molecule has 0 aliphatic carbocycles. The third kappa shape index (κ3) is 3.84. The van der Waals surface area contributed by atoms with Crippen LogP contribution in [0, 0.1) is 6.92 Å². The van der Waals surface area contributed by atoms with Crippen LogP contribution in [0.25, 0.3) is 0 Å². The van der Waals surface area contributed by atoms with Crippen LogP contribution in [0.4, 0.5) is 5.69 Å². The van der Waals surface area contributed by atoms with Gasteiger partial charge < -0.3 is 10.1 Å². The number of ether oxygens (including phenoxy) is 1. The van der Waals surface area contributed by atoms with Crippen LogP contribution in [-0.4, -0.2) is 22.9 Å². The first-order valence-electron chi connectivity index (χ1n) is 7.08. The Kier molecular flexibility index (Phi) is 4.98. The first-order valence-corrected chi connectivity index (χ1v) is 7.08. The quantitative estimate of drug-likeness (QED) is 0.830. The van der Waals surface area contributed by atoms with Crippen molar-refractivity contribution in [2.75, 3.05) is 12.4 Å². The molecule has 0 aliphatic rings. The highest BCUT2D eigenvalue weighted by Gasteiger charge is 2.08. The van der Waals surface area contributed by atoms with Gasteiger partial charge in [0, 0.05) is 30.5 Å². The second-order valence-corrected chi connectivity index (χ2v) is 4.99. The Labute approximate surface area is 124 Å². The van der Waals surface area contributed by atoms with Gasteiger partial charge in [0.2, 0.25) is 0 Å². The Morgan fingerprint density at radius 3 is 2.95 bits per heavy atom. The van der Waals surface area contributed by atoms with E-state index in [1.54, 1.807) is 6.07 Å².